The van der Waals surface area contributed by atoms with Crippen LogP contribution in [0.5, 0.6) is 0 Å². The van der Waals surface area contributed by atoms with Crippen molar-refractivity contribution in [3.05, 3.63) is 64.7 Å². The first-order valence-electron chi connectivity index (χ1n) is 6.33. The zero-order valence-electron chi connectivity index (χ0n) is 11.0. The van der Waals surface area contributed by atoms with E-state index in [0.29, 0.717) is 0 Å². The number of hydrogen-bond acceptors (Lipinski definition) is 2. The molecule has 0 radical (unpaired) electrons. The third-order valence-corrected chi connectivity index (χ3v) is 4.44. The molecule has 0 saturated carbocycles. The summed E-state index contributed by atoms with van der Waals surface area (Å²) in [7, 11) is 0. The standard InChI is InChI=1S/C16H18ClNS/c1-12-5-4-7-15(9-12)19-11-14(18)10-13-6-2-3-8-16(13)17/h2-9,14H,10-11,18H2,1H3. The molecule has 1 atom stereocenters. The molecule has 2 aromatic carbocycles. The molecule has 0 saturated heterocycles. The number of halogens is 1. The molecule has 1 nitrogen and oxygen atoms in total. The van der Waals surface area contributed by atoms with E-state index in [2.05, 4.69) is 31.2 Å². The summed E-state index contributed by atoms with van der Waals surface area (Å²) in [5, 5.41) is 0.804. The Morgan fingerprint density at radius 2 is 1.95 bits per heavy atom. The van der Waals surface area contributed by atoms with E-state index in [0.717, 1.165) is 22.8 Å². The van der Waals surface area contributed by atoms with E-state index >= 15 is 0 Å². The average Bonchev–Trinajstić information content (AvgIpc) is 2.39. The quantitative estimate of drug-likeness (QED) is 0.831. The second kappa shape index (κ2) is 6.99. The van der Waals surface area contributed by atoms with Gasteiger partial charge in [0.1, 0.15) is 0 Å². The van der Waals surface area contributed by atoms with Crippen molar-refractivity contribution in [1.29, 1.82) is 0 Å². The van der Waals surface area contributed by atoms with Crippen LogP contribution in [0, 0.1) is 6.92 Å². The minimum atomic E-state index is 0.116. The largest absolute Gasteiger partial charge is 0.327 e. The van der Waals surface area contributed by atoms with Gasteiger partial charge in [0, 0.05) is 21.7 Å². The zero-order valence-corrected chi connectivity index (χ0v) is 12.5. The van der Waals surface area contributed by atoms with Crippen LogP contribution in [-0.2, 0) is 6.42 Å². The van der Waals surface area contributed by atoms with Crippen molar-refractivity contribution in [1.82, 2.24) is 0 Å². The fourth-order valence-corrected chi connectivity index (χ4v) is 3.10. The van der Waals surface area contributed by atoms with Crippen molar-refractivity contribution >= 4 is 23.4 Å². The van der Waals surface area contributed by atoms with Crippen LogP contribution in [0.15, 0.2) is 53.4 Å². The van der Waals surface area contributed by atoms with Gasteiger partial charge in [-0.3, -0.25) is 0 Å². The molecule has 0 aliphatic carbocycles. The number of aryl methyl sites for hydroxylation is 1. The third kappa shape index (κ3) is 4.57. The number of benzene rings is 2. The zero-order chi connectivity index (χ0) is 13.7. The molecule has 0 spiro atoms. The van der Waals surface area contributed by atoms with Gasteiger partial charge in [-0.05, 0) is 37.1 Å². The molecule has 0 bridgehead atoms. The maximum Gasteiger partial charge on any atom is 0.0438 e. The van der Waals surface area contributed by atoms with Gasteiger partial charge in [-0.25, -0.2) is 0 Å². The van der Waals surface area contributed by atoms with Gasteiger partial charge in [-0.1, -0.05) is 47.5 Å². The smallest absolute Gasteiger partial charge is 0.0438 e. The van der Waals surface area contributed by atoms with Crippen molar-refractivity contribution < 1.29 is 0 Å². The highest BCUT2D eigenvalue weighted by Crippen LogP contribution is 2.22. The number of rotatable bonds is 5. The highest BCUT2D eigenvalue weighted by Gasteiger charge is 2.07. The number of nitrogens with two attached hydrogens (primary N) is 1. The molecule has 0 heterocycles. The molecule has 3 heteroatoms. The van der Waals surface area contributed by atoms with Gasteiger partial charge in [-0.2, -0.15) is 0 Å². The minimum Gasteiger partial charge on any atom is -0.327 e. The summed E-state index contributed by atoms with van der Waals surface area (Å²) in [6, 6.07) is 16.5. The first-order chi connectivity index (χ1) is 9.15. The van der Waals surface area contributed by atoms with E-state index in [4.69, 9.17) is 17.3 Å². The molecule has 0 aromatic heterocycles. The van der Waals surface area contributed by atoms with Gasteiger partial charge < -0.3 is 5.73 Å². The Labute approximate surface area is 124 Å². The summed E-state index contributed by atoms with van der Waals surface area (Å²) >= 11 is 7.94. The first kappa shape index (κ1) is 14.4. The summed E-state index contributed by atoms with van der Waals surface area (Å²) in [4.78, 5) is 1.27. The molecular weight excluding hydrogens is 274 g/mol. The fourth-order valence-electron chi connectivity index (χ4n) is 1.91. The molecule has 0 aliphatic rings. The van der Waals surface area contributed by atoms with Crippen LogP contribution in [-0.4, -0.2) is 11.8 Å². The molecular formula is C16H18ClNS. The minimum absolute atomic E-state index is 0.116. The molecule has 0 fully saturated rings. The molecule has 2 N–H and O–H groups in total. The Kier molecular flexibility index (Phi) is 5.32. The number of thioether (sulfide) groups is 1. The predicted molar refractivity (Wildman–Crippen MR) is 85.0 cm³/mol. The number of hydrogen-bond donors (Lipinski definition) is 1. The van der Waals surface area contributed by atoms with E-state index < -0.39 is 0 Å². The summed E-state index contributed by atoms with van der Waals surface area (Å²) in [6.45, 7) is 2.10. The maximum atomic E-state index is 6.18. The summed E-state index contributed by atoms with van der Waals surface area (Å²) in [6.07, 6.45) is 0.818. The maximum absolute atomic E-state index is 6.18. The molecule has 100 valence electrons. The summed E-state index contributed by atoms with van der Waals surface area (Å²) < 4.78 is 0. The highest BCUT2D eigenvalue weighted by atomic mass is 35.5. The van der Waals surface area contributed by atoms with Crippen LogP contribution < -0.4 is 5.73 Å². The Balaban J connectivity index is 1.88. The average molecular weight is 292 g/mol. The monoisotopic (exact) mass is 291 g/mol. The van der Waals surface area contributed by atoms with E-state index in [-0.39, 0.29) is 6.04 Å². The van der Waals surface area contributed by atoms with Crippen molar-refractivity contribution in [3.8, 4) is 0 Å². The fraction of sp³-hybridized carbons (Fsp3) is 0.250. The Morgan fingerprint density at radius 1 is 1.16 bits per heavy atom. The van der Waals surface area contributed by atoms with Gasteiger partial charge in [0.2, 0.25) is 0 Å². The van der Waals surface area contributed by atoms with E-state index in [1.165, 1.54) is 10.5 Å². The lowest BCUT2D eigenvalue weighted by atomic mass is 10.1. The molecule has 1 unspecified atom stereocenters. The molecule has 19 heavy (non-hydrogen) atoms. The molecule has 0 amide bonds. The van der Waals surface area contributed by atoms with Gasteiger partial charge in [0.25, 0.3) is 0 Å². The van der Waals surface area contributed by atoms with E-state index in [1.807, 2.05) is 24.3 Å². The molecule has 2 rings (SSSR count). The predicted octanol–water partition coefficient (Wildman–Crippen LogP) is 4.31. The van der Waals surface area contributed by atoms with Gasteiger partial charge in [0.05, 0.1) is 0 Å². The lowest BCUT2D eigenvalue weighted by Gasteiger charge is -2.12. The van der Waals surface area contributed by atoms with E-state index in [1.54, 1.807) is 11.8 Å². The second-order valence-corrected chi connectivity index (χ2v) is 6.18. The Morgan fingerprint density at radius 3 is 2.68 bits per heavy atom. The van der Waals surface area contributed by atoms with Crippen LogP contribution in [0.2, 0.25) is 5.02 Å². The topological polar surface area (TPSA) is 26.0 Å². The van der Waals surface area contributed by atoms with E-state index in [9.17, 15) is 0 Å². The summed E-state index contributed by atoms with van der Waals surface area (Å²) in [5.41, 5.74) is 8.59. The normalized spacial score (nSPS) is 12.4. The van der Waals surface area contributed by atoms with Crippen LogP contribution in [0.1, 0.15) is 11.1 Å². The van der Waals surface area contributed by atoms with Gasteiger partial charge in [0.15, 0.2) is 0 Å². The lowest BCUT2D eigenvalue weighted by Crippen LogP contribution is -2.25. The summed E-state index contributed by atoms with van der Waals surface area (Å²) in [5.74, 6) is 0.897. The molecule has 2 aromatic rings. The Bertz CT molecular complexity index is 542. The van der Waals surface area contributed by atoms with Crippen molar-refractivity contribution in [2.75, 3.05) is 5.75 Å². The highest BCUT2D eigenvalue weighted by molar-refractivity contribution is 7.99. The van der Waals surface area contributed by atoms with Gasteiger partial charge >= 0.3 is 0 Å². The SMILES string of the molecule is Cc1cccc(SCC(N)Cc2ccccc2Cl)c1. The van der Waals surface area contributed by atoms with Crippen LogP contribution >= 0.6 is 23.4 Å². The second-order valence-electron chi connectivity index (χ2n) is 4.68. The van der Waals surface area contributed by atoms with Gasteiger partial charge in [-0.15, -0.1) is 11.8 Å². The van der Waals surface area contributed by atoms with Crippen LogP contribution in [0.4, 0.5) is 0 Å². The first-order valence-corrected chi connectivity index (χ1v) is 7.70. The van der Waals surface area contributed by atoms with Crippen LogP contribution in [0.3, 0.4) is 0 Å². The lowest BCUT2D eigenvalue weighted by molar-refractivity contribution is 0.749. The third-order valence-electron chi connectivity index (χ3n) is 2.89. The van der Waals surface area contributed by atoms with Crippen molar-refractivity contribution in [3.63, 3.8) is 0 Å². The van der Waals surface area contributed by atoms with Crippen LogP contribution in [0.25, 0.3) is 0 Å². The van der Waals surface area contributed by atoms with Crippen molar-refractivity contribution in [2.24, 2.45) is 5.73 Å². The van der Waals surface area contributed by atoms with Crippen molar-refractivity contribution in [2.45, 2.75) is 24.3 Å². The molecule has 0 aliphatic heterocycles. The Hall–Kier alpha value is -0.960.